The Labute approximate surface area is 163 Å². The number of nitrogens with one attached hydrogen (secondary N) is 2. The second-order valence-electron chi connectivity index (χ2n) is 6.61. The van der Waals surface area contributed by atoms with Crippen molar-refractivity contribution >= 4 is 17.5 Å². The quantitative estimate of drug-likeness (QED) is 0.682. The summed E-state index contributed by atoms with van der Waals surface area (Å²) in [6.07, 6.45) is 0. The SMILES string of the molecule is Cc1cccc(C)c1NC(=O)c1cccc(C(=O)NCc2ccc(F)cc2)c1. The summed E-state index contributed by atoms with van der Waals surface area (Å²) < 4.78 is 13.0. The molecule has 4 nitrogen and oxygen atoms in total. The Bertz CT molecular complexity index is 993. The Morgan fingerprint density at radius 1 is 0.821 bits per heavy atom. The molecular formula is C23H21FN2O2. The first kappa shape index (κ1) is 19.3. The molecule has 3 rings (SSSR count). The van der Waals surface area contributed by atoms with Crippen molar-refractivity contribution < 1.29 is 14.0 Å². The van der Waals surface area contributed by atoms with Crippen molar-refractivity contribution in [2.24, 2.45) is 0 Å². The molecule has 3 aromatic rings. The summed E-state index contributed by atoms with van der Waals surface area (Å²) in [7, 11) is 0. The molecule has 0 fully saturated rings. The molecule has 3 aromatic carbocycles. The van der Waals surface area contributed by atoms with Gasteiger partial charge in [-0.2, -0.15) is 0 Å². The standard InChI is InChI=1S/C23H21FN2O2/c1-15-5-3-6-16(2)21(15)26-23(28)19-8-4-7-18(13-19)22(27)25-14-17-9-11-20(24)12-10-17/h3-13H,14H2,1-2H3,(H,25,27)(H,26,28). The van der Waals surface area contributed by atoms with E-state index < -0.39 is 0 Å². The maximum absolute atomic E-state index is 13.0. The van der Waals surface area contributed by atoms with Gasteiger partial charge in [0, 0.05) is 23.4 Å². The third-order valence-electron chi connectivity index (χ3n) is 4.47. The fourth-order valence-electron chi connectivity index (χ4n) is 2.89. The van der Waals surface area contributed by atoms with Crippen LogP contribution in [0.15, 0.2) is 66.7 Å². The van der Waals surface area contributed by atoms with Gasteiger partial charge in [0.05, 0.1) is 0 Å². The van der Waals surface area contributed by atoms with Gasteiger partial charge in [-0.3, -0.25) is 9.59 Å². The lowest BCUT2D eigenvalue weighted by molar-refractivity contribution is 0.0951. The summed E-state index contributed by atoms with van der Waals surface area (Å²) in [5, 5.41) is 5.69. The lowest BCUT2D eigenvalue weighted by atomic mass is 10.1. The van der Waals surface area contributed by atoms with Crippen LogP contribution >= 0.6 is 0 Å². The minimum absolute atomic E-state index is 0.273. The third kappa shape index (κ3) is 4.62. The Kier molecular flexibility index (Phi) is 5.84. The Hall–Kier alpha value is -3.47. The number of rotatable bonds is 5. The van der Waals surface area contributed by atoms with Crippen LogP contribution in [0.3, 0.4) is 0 Å². The van der Waals surface area contributed by atoms with E-state index in [4.69, 9.17) is 0 Å². The van der Waals surface area contributed by atoms with E-state index in [1.165, 1.54) is 12.1 Å². The highest BCUT2D eigenvalue weighted by atomic mass is 19.1. The van der Waals surface area contributed by atoms with Gasteiger partial charge >= 0.3 is 0 Å². The maximum atomic E-state index is 13.0. The van der Waals surface area contributed by atoms with Crippen molar-refractivity contribution in [2.75, 3.05) is 5.32 Å². The van der Waals surface area contributed by atoms with E-state index in [1.807, 2.05) is 32.0 Å². The van der Waals surface area contributed by atoms with Crippen molar-refractivity contribution in [3.63, 3.8) is 0 Å². The fraction of sp³-hybridized carbons (Fsp3) is 0.130. The van der Waals surface area contributed by atoms with Gasteiger partial charge in [-0.25, -0.2) is 4.39 Å². The van der Waals surface area contributed by atoms with Crippen LogP contribution in [0.5, 0.6) is 0 Å². The first-order chi connectivity index (χ1) is 13.4. The van der Waals surface area contributed by atoms with Gasteiger partial charge in [-0.1, -0.05) is 36.4 Å². The van der Waals surface area contributed by atoms with Crippen molar-refractivity contribution in [2.45, 2.75) is 20.4 Å². The van der Waals surface area contributed by atoms with Crippen LogP contribution in [0.2, 0.25) is 0 Å². The molecular weight excluding hydrogens is 355 g/mol. The first-order valence-corrected chi connectivity index (χ1v) is 8.94. The summed E-state index contributed by atoms with van der Waals surface area (Å²) in [6, 6.07) is 18.3. The number of aryl methyl sites for hydroxylation is 2. The summed E-state index contributed by atoms with van der Waals surface area (Å²) in [5.74, 6) is -0.894. The van der Waals surface area contributed by atoms with Crippen LogP contribution in [0, 0.1) is 19.7 Å². The predicted molar refractivity (Wildman–Crippen MR) is 108 cm³/mol. The van der Waals surface area contributed by atoms with Crippen molar-refractivity contribution in [1.82, 2.24) is 5.32 Å². The molecule has 2 amide bonds. The van der Waals surface area contributed by atoms with Gasteiger partial charge in [0.25, 0.3) is 11.8 Å². The van der Waals surface area contributed by atoms with E-state index in [9.17, 15) is 14.0 Å². The predicted octanol–water partition coefficient (Wildman–Crippen LogP) is 4.62. The molecule has 0 aliphatic carbocycles. The molecule has 0 heterocycles. The number of carbonyl (C=O) groups excluding carboxylic acids is 2. The van der Waals surface area contributed by atoms with Gasteiger partial charge in [-0.05, 0) is 60.9 Å². The van der Waals surface area contributed by atoms with Crippen LogP contribution in [0.4, 0.5) is 10.1 Å². The molecule has 142 valence electrons. The third-order valence-corrected chi connectivity index (χ3v) is 4.47. The zero-order chi connectivity index (χ0) is 20.1. The number of halogens is 1. The van der Waals surface area contributed by atoms with E-state index >= 15 is 0 Å². The molecule has 0 radical (unpaired) electrons. The number of carbonyl (C=O) groups is 2. The molecule has 28 heavy (non-hydrogen) atoms. The number of benzene rings is 3. The number of amides is 2. The topological polar surface area (TPSA) is 58.2 Å². The van der Waals surface area contributed by atoms with Crippen LogP contribution in [0.25, 0.3) is 0 Å². The smallest absolute Gasteiger partial charge is 0.255 e. The summed E-state index contributed by atoms with van der Waals surface area (Å²) >= 11 is 0. The van der Waals surface area contributed by atoms with E-state index in [1.54, 1.807) is 36.4 Å². The van der Waals surface area contributed by atoms with Gasteiger partial charge in [-0.15, -0.1) is 0 Å². The molecule has 0 bridgehead atoms. The van der Waals surface area contributed by atoms with E-state index in [-0.39, 0.29) is 24.2 Å². The Balaban J connectivity index is 1.69. The monoisotopic (exact) mass is 376 g/mol. The summed E-state index contributed by atoms with van der Waals surface area (Å²) in [5.41, 5.74) is 4.30. The minimum atomic E-state index is -0.322. The highest BCUT2D eigenvalue weighted by Crippen LogP contribution is 2.20. The number of para-hydroxylation sites is 1. The molecule has 0 atom stereocenters. The Morgan fingerprint density at radius 2 is 1.39 bits per heavy atom. The van der Waals surface area contributed by atoms with Crippen LogP contribution in [0.1, 0.15) is 37.4 Å². The molecule has 2 N–H and O–H groups in total. The summed E-state index contributed by atoms with van der Waals surface area (Å²) in [4.78, 5) is 25.0. The van der Waals surface area contributed by atoms with Crippen LogP contribution in [-0.4, -0.2) is 11.8 Å². The summed E-state index contributed by atoms with van der Waals surface area (Å²) in [6.45, 7) is 4.14. The largest absolute Gasteiger partial charge is 0.348 e. The average molecular weight is 376 g/mol. The minimum Gasteiger partial charge on any atom is -0.348 e. The normalized spacial score (nSPS) is 10.4. The van der Waals surface area contributed by atoms with Gasteiger partial charge in [0.1, 0.15) is 5.82 Å². The lowest BCUT2D eigenvalue weighted by Crippen LogP contribution is -2.23. The zero-order valence-electron chi connectivity index (χ0n) is 15.8. The lowest BCUT2D eigenvalue weighted by Gasteiger charge is -2.12. The first-order valence-electron chi connectivity index (χ1n) is 8.94. The number of anilines is 1. The second kappa shape index (κ2) is 8.48. The highest BCUT2D eigenvalue weighted by molar-refractivity contribution is 6.06. The van der Waals surface area contributed by atoms with Crippen molar-refractivity contribution in [3.8, 4) is 0 Å². The maximum Gasteiger partial charge on any atom is 0.255 e. The van der Waals surface area contributed by atoms with Crippen molar-refractivity contribution in [3.05, 3.63) is 100 Å². The number of hydrogen-bond donors (Lipinski definition) is 2. The highest BCUT2D eigenvalue weighted by Gasteiger charge is 2.12. The molecule has 0 saturated heterocycles. The van der Waals surface area contributed by atoms with Crippen LogP contribution in [-0.2, 0) is 6.54 Å². The Morgan fingerprint density at radius 3 is 2.04 bits per heavy atom. The van der Waals surface area contributed by atoms with Crippen molar-refractivity contribution in [1.29, 1.82) is 0 Å². The zero-order valence-corrected chi connectivity index (χ0v) is 15.8. The fourth-order valence-corrected chi connectivity index (χ4v) is 2.89. The molecule has 0 spiro atoms. The molecule has 0 unspecified atom stereocenters. The average Bonchev–Trinajstić information content (AvgIpc) is 2.70. The van der Waals surface area contributed by atoms with E-state index in [2.05, 4.69) is 10.6 Å². The molecule has 0 aliphatic rings. The molecule has 0 aliphatic heterocycles. The van der Waals surface area contributed by atoms with Crippen LogP contribution < -0.4 is 10.6 Å². The molecule has 0 aromatic heterocycles. The molecule has 0 saturated carbocycles. The van der Waals surface area contributed by atoms with E-state index in [0.29, 0.717) is 11.1 Å². The van der Waals surface area contributed by atoms with E-state index in [0.717, 1.165) is 22.4 Å². The number of hydrogen-bond acceptors (Lipinski definition) is 2. The van der Waals surface area contributed by atoms with Gasteiger partial charge < -0.3 is 10.6 Å². The second-order valence-corrected chi connectivity index (χ2v) is 6.61. The molecule has 5 heteroatoms. The van der Waals surface area contributed by atoms with Gasteiger partial charge in [0.15, 0.2) is 0 Å². The van der Waals surface area contributed by atoms with Gasteiger partial charge in [0.2, 0.25) is 0 Å².